The van der Waals surface area contributed by atoms with E-state index >= 15 is 0 Å². The molecule has 4 nitrogen and oxygen atoms in total. The second-order valence-electron chi connectivity index (χ2n) is 7.15. The second-order valence-corrected chi connectivity index (χ2v) is 7.15. The Hall–Kier alpha value is -1.27. The topological polar surface area (TPSA) is 46.6 Å². The van der Waals surface area contributed by atoms with Gasteiger partial charge >= 0.3 is 12.3 Å². The van der Waals surface area contributed by atoms with E-state index in [9.17, 15) is 22.8 Å². The third-order valence-electron chi connectivity index (χ3n) is 3.30. The number of ketones is 1. The maximum absolute atomic E-state index is 12.3. The summed E-state index contributed by atoms with van der Waals surface area (Å²) in [6, 6.07) is 0. The van der Waals surface area contributed by atoms with E-state index in [2.05, 4.69) is 0 Å². The monoisotopic (exact) mass is 325 g/mol. The maximum atomic E-state index is 12.3. The van der Waals surface area contributed by atoms with Crippen LogP contribution in [-0.2, 0) is 9.53 Å². The van der Waals surface area contributed by atoms with E-state index in [0.717, 1.165) is 4.90 Å². The standard InChI is InChI=1S/C15H26F3NO3/c1-10(9-15(16,17)18)8-11(20)14(5,6)19(7)12(21)22-13(2,3)4/h10H,8-9H2,1-7H3. The molecule has 0 radical (unpaired) electrons. The highest BCUT2D eigenvalue weighted by molar-refractivity contribution is 5.90. The SMILES string of the molecule is CC(CC(=O)C(C)(C)N(C)C(=O)OC(C)(C)C)CC(F)(F)F. The van der Waals surface area contributed by atoms with Crippen LogP contribution >= 0.6 is 0 Å². The van der Waals surface area contributed by atoms with Crippen LogP contribution < -0.4 is 0 Å². The van der Waals surface area contributed by atoms with Crippen LogP contribution in [0.15, 0.2) is 0 Å². The Morgan fingerprint density at radius 2 is 1.55 bits per heavy atom. The van der Waals surface area contributed by atoms with Crippen molar-refractivity contribution in [2.45, 2.75) is 71.7 Å². The molecule has 0 aliphatic rings. The van der Waals surface area contributed by atoms with Gasteiger partial charge in [0.2, 0.25) is 0 Å². The van der Waals surface area contributed by atoms with Gasteiger partial charge in [0.25, 0.3) is 0 Å². The van der Waals surface area contributed by atoms with Gasteiger partial charge in [-0.2, -0.15) is 13.2 Å². The number of carbonyl (C=O) groups excluding carboxylic acids is 2. The van der Waals surface area contributed by atoms with Crippen molar-refractivity contribution in [1.82, 2.24) is 4.90 Å². The minimum Gasteiger partial charge on any atom is -0.444 e. The van der Waals surface area contributed by atoms with Gasteiger partial charge in [0, 0.05) is 19.9 Å². The zero-order valence-corrected chi connectivity index (χ0v) is 14.3. The summed E-state index contributed by atoms with van der Waals surface area (Å²) >= 11 is 0. The number of hydrogen-bond donors (Lipinski definition) is 0. The van der Waals surface area contributed by atoms with Gasteiger partial charge in [0.15, 0.2) is 5.78 Å². The van der Waals surface area contributed by atoms with Gasteiger partial charge in [0.1, 0.15) is 5.60 Å². The molecule has 22 heavy (non-hydrogen) atoms. The highest BCUT2D eigenvalue weighted by atomic mass is 19.4. The molecule has 130 valence electrons. The average molecular weight is 325 g/mol. The molecule has 0 fully saturated rings. The Morgan fingerprint density at radius 3 is 1.91 bits per heavy atom. The third kappa shape index (κ3) is 7.13. The molecule has 0 aromatic heterocycles. The van der Waals surface area contributed by atoms with Gasteiger partial charge in [-0.25, -0.2) is 4.79 Å². The fraction of sp³-hybridized carbons (Fsp3) is 0.867. The van der Waals surface area contributed by atoms with Crippen molar-refractivity contribution >= 4 is 11.9 Å². The van der Waals surface area contributed by atoms with Crippen LogP contribution in [0.3, 0.4) is 0 Å². The van der Waals surface area contributed by atoms with Crippen molar-refractivity contribution in [3.05, 3.63) is 0 Å². The molecule has 0 spiro atoms. The lowest BCUT2D eigenvalue weighted by Gasteiger charge is -2.36. The quantitative estimate of drug-likeness (QED) is 0.762. The van der Waals surface area contributed by atoms with E-state index in [1.165, 1.54) is 27.8 Å². The van der Waals surface area contributed by atoms with Crippen molar-refractivity contribution in [2.75, 3.05) is 7.05 Å². The summed E-state index contributed by atoms with van der Waals surface area (Å²) in [6.07, 6.45) is -6.26. The van der Waals surface area contributed by atoms with E-state index in [0.29, 0.717) is 0 Å². The first kappa shape index (κ1) is 20.7. The number of ether oxygens (including phenoxy) is 1. The maximum Gasteiger partial charge on any atom is 0.410 e. The smallest absolute Gasteiger partial charge is 0.410 e. The van der Waals surface area contributed by atoms with Crippen LogP contribution in [0, 0.1) is 5.92 Å². The Morgan fingerprint density at radius 1 is 1.09 bits per heavy atom. The molecule has 0 aliphatic carbocycles. The van der Waals surface area contributed by atoms with Gasteiger partial charge < -0.3 is 4.74 Å². The molecule has 0 saturated carbocycles. The van der Waals surface area contributed by atoms with Crippen LogP contribution in [-0.4, -0.2) is 41.1 Å². The number of rotatable bonds is 5. The molecule has 0 saturated heterocycles. The Balaban J connectivity index is 4.84. The van der Waals surface area contributed by atoms with Crippen molar-refractivity contribution in [2.24, 2.45) is 5.92 Å². The first-order chi connectivity index (χ1) is 9.56. The van der Waals surface area contributed by atoms with E-state index in [1.807, 2.05) is 0 Å². The number of Topliss-reactive ketones (excluding diaryl/α,β-unsaturated/α-hetero) is 1. The molecule has 1 atom stereocenters. The fourth-order valence-corrected chi connectivity index (χ4v) is 1.78. The van der Waals surface area contributed by atoms with Crippen LogP contribution in [0.5, 0.6) is 0 Å². The number of carbonyl (C=O) groups is 2. The molecule has 0 heterocycles. The summed E-state index contributed by atoms with van der Waals surface area (Å²) in [5.41, 5.74) is -1.95. The number of nitrogens with zero attached hydrogens (tertiary/aromatic N) is 1. The summed E-state index contributed by atoms with van der Waals surface area (Å²) in [6.45, 7) is 9.45. The van der Waals surface area contributed by atoms with Crippen LogP contribution in [0.1, 0.15) is 54.4 Å². The molecule has 0 aliphatic heterocycles. The number of alkyl halides is 3. The predicted octanol–water partition coefficient (Wildman–Crippen LogP) is 4.18. The van der Waals surface area contributed by atoms with Gasteiger partial charge in [0.05, 0.1) is 5.54 Å². The van der Waals surface area contributed by atoms with Gasteiger partial charge in [-0.1, -0.05) is 6.92 Å². The average Bonchev–Trinajstić information content (AvgIpc) is 2.22. The molecule has 0 rings (SSSR count). The summed E-state index contributed by atoms with van der Waals surface area (Å²) in [5, 5.41) is 0. The Labute approximate surface area is 130 Å². The highest BCUT2D eigenvalue weighted by Gasteiger charge is 2.39. The molecule has 0 bridgehead atoms. The molecular formula is C15H26F3NO3. The molecule has 0 N–H and O–H groups in total. The molecule has 1 unspecified atom stereocenters. The van der Waals surface area contributed by atoms with Gasteiger partial charge in [-0.15, -0.1) is 0 Å². The Kier molecular flexibility index (Phi) is 6.48. The Bertz CT molecular complexity index is 411. The van der Waals surface area contributed by atoms with Crippen molar-refractivity contribution in [3.63, 3.8) is 0 Å². The van der Waals surface area contributed by atoms with Crippen molar-refractivity contribution in [1.29, 1.82) is 0 Å². The van der Waals surface area contributed by atoms with E-state index in [1.54, 1.807) is 20.8 Å². The van der Waals surface area contributed by atoms with Gasteiger partial charge in [-0.05, 0) is 40.5 Å². The summed E-state index contributed by atoms with van der Waals surface area (Å²) in [4.78, 5) is 25.4. The van der Waals surface area contributed by atoms with Crippen LogP contribution in [0.4, 0.5) is 18.0 Å². The lowest BCUT2D eigenvalue weighted by atomic mass is 9.89. The van der Waals surface area contributed by atoms with E-state index in [-0.39, 0.29) is 6.42 Å². The number of amides is 1. The normalized spacial score (nSPS) is 14.5. The first-order valence-corrected chi connectivity index (χ1v) is 7.13. The minimum atomic E-state index is -4.30. The summed E-state index contributed by atoms with van der Waals surface area (Å²) in [7, 11) is 1.40. The molecule has 7 heteroatoms. The summed E-state index contributed by atoms with van der Waals surface area (Å²) in [5.74, 6) is -1.27. The predicted molar refractivity (Wildman–Crippen MR) is 77.5 cm³/mol. The van der Waals surface area contributed by atoms with Crippen molar-refractivity contribution in [3.8, 4) is 0 Å². The largest absolute Gasteiger partial charge is 0.444 e. The second kappa shape index (κ2) is 6.87. The molecule has 0 aromatic rings. The van der Waals surface area contributed by atoms with E-state index < -0.39 is 41.5 Å². The zero-order valence-electron chi connectivity index (χ0n) is 14.3. The fourth-order valence-electron chi connectivity index (χ4n) is 1.78. The lowest BCUT2D eigenvalue weighted by molar-refractivity contribution is -0.146. The highest BCUT2D eigenvalue weighted by Crippen LogP contribution is 2.28. The van der Waals surface area contributed by atoms with Crippen LogP contribution in [0.25, 0.3) is 0 Å². The van der Waals surface area contributed by atoms with Gasteiger partial charge in [-0.3, -0.25) is 9.69 Å². The number of hydrogen-bond acceptors (Lipinski definition) is 3. The number of halogens is 3. The molecular weight excluding hydrogens is 299 g/mol. The zero-order chi connectivity index (χ0) is 17.9. The summed E-state index contributed by atoms with van der Waals surface area (Å²) < 4.78 is 42.2. The lowest BCUT2D eigenvalue weighted by Crippen LogP contribution is -2.52. The minimum absolute atomic E-state index is 0.250. The van der Waals surface area contributed by atoms with E-state index in [4.69, 9.17) is 4.74 Å². The first-order valence-electron chi connectivity index (χ1n) is 7.13. The third-order valence-corrected chi connectivity index (χ3v) is 3.30. The van der Waals surface area contributed by atoms with Crippen LogP contribution in [0.2, 0.25) is 0 Å². The van der Waals surface area contributed by atoms with Crippen molar-refractivity contribution < 1.29 is 27.5 Å². The molecule has 1 amide bonds. The molecule has 0 aromatic carbocycles. The number of likely N-dealkylation sites (N-methyl/N-ethyl adjacent to an activating group) is 1.